The monoisotopic (exact) mass is 1310 g/mol. The first-order chi connectivity index (χ1) is 41.8. The van der Waals surface area contributed by atoms with Crippen LogP contribution in [-0.2, 0) is 76.8 Å². The van der Waals surface area contributed by atoms with Crippen molar-refractivity contribution in [2.45, 2.75) is 121 Å². The fourth-order valence-electron chi connectivity index (χ4n) is 9.28. The number of aliphatic imine (C=N–C) groups is 1. The van der Waals surface area contributed by atoms with Crippen molar-refractivity contribution in [3.05, 3.63) is 55.1 Å². The Kier molecular flexibility index (Phi) is 22.1. The molecule has 476 valence electrons. The van der Waals surface area contributed by atoms with Crippen LogP contribution in [-0.4, -0.2) is 162 Å². The number of benzene rings is 1. The molecule has 0 aliphatic carbocycles. The van der Waals surface area contributed by atoms with E-state index in [0.717, 1.165) is 25.8 Å². The summed E-state index contributed by atoms with van der Waals surface area (Å²) in [6.45, 7) is -5.11. The number of fused-ring (bicyclic) bond motifs is 4. The van der Waals surface area contributed by atoms with Gasteiger partial charge in [0.1, 0.15) is 66.8 Å². The highest BCUT2D eigenvalue weighted by Gasteiger charge is 2.56. The van der Waals surface area contributed by atoms with Gasteiger partial charge in [-0.15, -0.1) is 0 Å². The van der Waals surface area contributed by atoms with Gasteiger partial charge in [-0.2, -0.15) is 0 Å². The SMILES string of the molecule is CCC(=O)N[C@H](C(=O)N[C@@H](CCCNC(N)=O)C(=O)Nc1ccc(COC(=O)NCCC(/C=N/C(C)=O)C(=O)O[C@@H]2[C@@H]3O[P@](=O)(S)OC[C@H]4O[C@@H](n5cnc6c(N)ncnc65)[C@H](F)[C@@H]4O[P@](=O)(S)OC[C@H]3O[C@H]2n2cnc3c(N)ncnc32)cc1)C(C)C. The van der Waals surface area contributed by atoms with Crippen molar-refractivity contribution in [3.63, 3.8) is 0 Å². The molecule has 4 aromatic heterocycles. The smallest absolute Gasteiger partial charge is 0.407 e. The molecule has 0 bridgehead atoms. The molecule has 7 heterocycles. The van der Waals surface area contributed by atoms with Crippen LogP contribution in [0.3, 0.4) is 0 Å². The van der Waals surface area contributed by atoms with Gasteiger partial charge in [0, 0.05) is 38.3 Å². The molecular formula is C49H64FN17O17P2S2. The molecule has 7 amide bonds. The zero-order valence-corrected chi connectivity index (χ0v) is 50.9. The van der Waals surface area contributed by atoms with Gasteiger partial charge in [0.2, 0.25) is 23.6 Å². The Morgan fingerprint density at radius 3 is 1.99 bits per heavy atom. The van der Waals surface area contributed by atoms with Crippen molar-refractivity contribution < 1.29 is 84.1 Å². The molecular weight excluding hydrogens is 1240 g/mol. The summed E-state index contributed by atoms with van der Waals surface area (Å²) in [4.78, 5) is 118. The maximum atomic E-state index is 16.5. The number of imidazole rings is 2. The number of thiol groups is 2. The maximum absolute atomic E-state index is 16.5. The van der Waals surface area contributed by atoms with Crippen LogP contribution in [0.5, 0.6) is 0 Å². The van der Waals surface area contributed by atoms with Gasteiger partial charge >= 0.3 is 31.7 Å². The molecule has 0 radical (unpaired) electrons. The summed E-state index contributed by atoms with van der Waals surface area (Å²) in [6, 6.07) is 3.38. The second kappa shape index (κ2) is 29.2. The molecule has 3 aliphatic heterocycles. The van der Waals surface area contributed by atoms with E-state index in [-0.39, 0.29) is 91.2 Å². The van der Waals surface area contributed by atoms with Gasteiger partial charge in [0.15, 0.2) is 47.7 Å². The molecule has 11 N–H and O–H groups in total. The number of hydrogen-bond donors (Lipinski definition) is 10. The molecule has 88 heavy (non-hydrogen) atoms. The Morgan fingerprint density at radius 1 is 0.807 bits per heavy atom. The van der Waals surface area contributed by atoms with Crippen LogP contribution < -0.4 is 43.8 Å². The number of urea groups is 1. The van der Waals surface area contributed by atoms with Gasteiger partial charge in [-0.25, -0.2) is 58.0 Å². The third-order valence-electron chi connectivity index (χ3n) is 13.7. The number of hydrogen-bond acceptors (Lipinski definition) is 25. The number of anilines is 3. The number of carbonyl (C=O) groups excluding carboxylic acids is 7. The number of aromatic nitrogens is 8. The summed E-state index contributed by atoms with van der Waals surface area (Å²) in [5, 5.41) is 13.0. The third kappa shape index (κ3) is 16.8. The van der Waals surface area contributed by atoms with Crippen molar-refractivity contribution in [1.29, 1.82) is 0 Å². The van der Waals surface area contributed by atoms with Gasteiger partial charge in [-0.3, -0.25) is 51.2 Å². The van der Waals surface area contributed by atoms with Crippen LogP contribution >= 0.6 is 38.1 Å². The standard InChI is InChI=1S/C49H64FN17O17P2S2/c1-5-31(69)65-33(23(2)3)44(71)64-28(7-6-13-54-48(53)73)43(70)63-27-10-8-25(9-11-27)16-77-49(74)55-14-12-26(15-56-24(4)68)47(72)82-38-37-30(81-46(38)67-22-62-35-40(52)58-20-60-42(35)67)18-79-85(75,87)83-36-29(17-78-86(76,88)84-37)80-45(32(36)50)66-21-61-34-39(51)57-19-59-41(34)66/h8-11,15,19-23,26,28-30,32-33,36-38,45-46H,5-7,12-14,16-18H2,1-4H3,(H,55,74)(H,63,70)(H,64,71)(H,65,69)(H,75,87)(H,76,88)(H2,51,57,59)(H2,52,58,60)(H3,53,54,73)/b56-15+/t26?,28-,29+,30+,32+,33-,36+,37+,38+,45+,46+,85+,86+/m0/s1. The van der Waals surface area contributed by atoms with E-state index in [4.69, 9.17) is 54.2 Å². The number of carbonyl (C=O) groups is 7. The average Bonchev–Trinajstić information content (AvgIpc) is 2.36. The number of alkyl carbamates (subject to hydrolysis) is 1. The molecule has 8 rings (SSSR count). The van der Waals surface area contributed by atoms with Crippen LogP contribution in [0.15, 0.2) is 54.6 Å². The van der Waals surface area contributed by atoms with Gasteiger partial charge in [-0.05, 0) is 42.9 Å². The Balaban J connectivity index is 0.934. The molecule has 39 heteroatoms. The molecule has 3 saturated heterocycles. The predicted molar refractivity (Wildman–Crippen MR) is 313 cm³/mol. The first-order valence-corrected chi connectivity index (χ1v) is 32.5. The van der Waals surface area contributed by atoms with Gasteiger partial charge in [0.05, 0.1) is 31.8 Å². The fourth-order valence-corrected chi connectivity index (χ4v) is 12.3. The quantitative estimate of drug-likeness (QED) is 0.0166. The third-order valence-corrected chi connectivity index (χ3v) is 16.9. The lowest BCUT2D eigenvalue weighted by molar-refractivity contribution is -0.160. The summed E-state index contributed by atoms with van der Waals surface area (Å²) in [7, 11) is 0. The molecule has 0 spiro atoms. The van der Waals surface area contributed by atoms with Crippen molar-refractivity contribution in [2.24, 2.45) is 22.6 Å². The Morgan fingerprint density at radius 2 is 1.40 bits per heavy atom. The first-order valence-electron chi connectivity index (χ1n) is 27.1. The van der Waals surface area contributed by atoms with Crippen molar-refractivity contribution >= 4 is 126 Å². The number of nitrogens with zero attached hydrogens (tertiary/aromatic N) is 9. The lowest BCUT2D eigenvalue weighted by atomic mass is 10.0. The predicted octanol–water partition coefficient (Wildman–Crippen LogP) is 2.74. The topological polar surface area (TPSA) is 465 Å². The highest BCUT2D eigenvalue weighted by atomic mass is 32.7. The van der Waals surface area contributed by atoms with Crippen molar-refractivity contribution in [3.8, 4) is 0 Å². The first kappa shape index (κ1) is 66.5. The van der Waals surface area contributed by atoms with E-state index in [1.807, 2.05) is 0 Å². The summed E-state index contributed by atoms with van der Waals surface area (Å²) < 4.78 is 94.4. The second-order valence-electron chi connectivity index (χ2n) is 20.3. The minimum Gasteiger partial charge on any atom is -0.454 e. The highest BCUT2D eigenvalue weighted by molar-refractivity contribution is 8.44. The van der Waals surface area contributed by atoms with Crippen LogP contribution in [0, 0.1) is 11.8 Å². The molecule has 3 fully saturated rings. The number of halogens is 1. The summed E-state index contributed by atoms with van der Waals surface area (Å²) >= 11 is 8.36. The fraction of sp³-hybridized carbons (Fsp3) is 0.510. The van der Waals surface area contributed by atoms with Crippen LogP contribution in [0.1, 0.15) is 71.4 Å². The molecule has 13 atom stereocenters. The lowest BCUT2D eigenvalue weighted by Crippen LogP contribution is -2.54. The second-order valence-corrected chi connectivity index (χ2v) is 26.1. The van der Waals surface area contributed by atoms with E-state index in [2.05, 4.69) is 86.0 Å². The highest BCUT2D eigenvalue weighted by Crippen LogP contribution is 2.61. The number of esters is 1. The number of ether oxygens (including phenoxy) is 4. The molecule has 34 nitrogen and oxygen atoms in total. The van der Waals surface area contributed by atoms with E-state index in [0.29, 0.717) is 11.3 Å². The largest absolute Gasteiger partial charge is 0.454 e. The van der Waals surface area contributed by atoms with E-state index in [9.17, 15) is 42.7 Å². The molecule has 1 aromatic carbocycles. The van der Waals surface area contributed by atoms with Crippen LogP contribution in [0.2, 0.25) is 0 Å². The summed E-state index contributed by atoms with van der Waals surface area (Å²) in [5.74, 6) is -5.13. The minimum absolute atomic E-state index is 0.00985. The van der Waals surface area contributed by atoms with Crippen LogP contribution in [0.4, 0.5) is 31.3 Å². The van der Waals surface area contributed by atoms with E-state index < -0.39 is 130 Å². The van der Waals surface area contributed by atoms with Crippen LogP contribution in [0.25, 0.3) is 22.3 Å². The Bertz CT molecular complexity index is 3520. The van der Waals surface area contributed by atoms with Crippen molar-refractivity contribution in [1.82, 2.24) is 60.3 Å². The van der Waals surface area contributed by atoms with Gasteiger partial charge in [-0.1, -0.05) is 57.4 Å². The number of amides is 7. The normalized spacial score (nSPS) is 25.7. The number of alkyl halides is 1. The van der Waals surface area contributed by atoms with Gasteiger partial charge < -0.3 is 62.7 Å². The summed E-state index contributed by atoms with van der Waals surface area (Å²) in [6.07, 6.45) is -8.54. The van der Waals surface area contributed by atoms with E-state index in [1.54, 1.807) is 32.9 Å². The average molecular weight is 1310 g/mol. The van der Waals surface area contributed by atoms with Crippen molar-refractivity contribution in [2.75, 3.05) is 43.1 Å². The molecule has 0 saturated carbocycles. The molecule has 1 unspecified atom stereocenters. The van der Waals surface area contributed by atoms with E-state index >= 15 is 4.39 Å². The minimum atomic E-state index is -4.71. The number of nitrogen functional groups attached to an aromatic ring is 2. The number of nitrogens with one attached hydrogen (secondary N) is 5. The maximum Gasteiger partial charge on any atom is 0.407 e. The zero-order valence-electron chi connectivity index (χ0n) is 47.4. The number of primary amides is 1. The number of nitrogens with two attached hydrogens (primary N) is 3. The lowest BCUT2D eigenvalue weighted by Gasteiger charge is -2.29. The zero-order chi connectivity index (χ0) is 63.6. The van der Waals surface area contributed by atoms with E-state index in [1.165, 1.54) is 33.9 Å². The Hall–Kier alpha value is -7.47. The number of rotatable bonds is 21. The molecule has 5 aromatic rings. The molecule has 3 aliphatic rings. The summed E-state index contributed by atoms with van der Waals surface area (Å²) in [5.41, 5.74) is 18.3. The Labute approximate surface area is 510 Å². The van der Waals surface area contributed by atoms with Gasteiger partial charge in [0.25, 0.3) is 0 Å².